The lowest BCUT2D eigenvalue weighted by molar-refractivity contribution is -0.164. The number of rotatable bonds is 0. The summed E-state index contributed by atoms with van der Waals surface area (Å²) in [5.41, 5.74) is 0. The molecule has 0 aromatic rings. The zero-order chi connectivity index (χ0) is 7.83. The summed E-state index contributed by atoms with van der Waals surface area (Å²) in [7, 11) is -1.99. The highest BCUT2D eigenvalue weighted by Gasteiger charge is 2.33. The van der Waals surface area contributed by atoms with E-state index in [2.05, 4.69) is 0 Å². The Bertz CT molecular complexity index is 162. The van der Waals surface area contributed by atoms with E-state index in [-0.39, 0.29) is 12.8 Å². The predicted molar refractivity (Wildman–Crippen MR) is 39.7 cm³/mol. The average molecular weight is 164 g/mol. The Balaban J connectivity index is 2.54. The van der Waals surface area contributed by atoms with E-state index < -0.39 is 12.9 Å². The van der Waals surface area contributed by atoms with Gasteiger partial charge in [-0.25, -0.2) is 0 Å². The van der Waals surface area contributed by atoms with Crippen molar-refractivity contribution in [2.24, 2.45) is 0 Å². The van der Waals surface area contributed by atoms with Gasteiger partial charge in [-0.05, 0) is 6.66 Å². The van der Waals surface area contributed by atoms with Gasteiger partial charge in [-0.2, -0.15) is 0 Å². The molecule has 0 saturated carbocycles. The number of hydrogen-bond donors (Lipinski definition) is 2. The third-order valence-electron chi connectivity index (χ3n) is 1.97. The van der Waals surface area contributed by atoms with Crippen LogP contribution < -0.4 is 0 Å². The standard InChI is InChI=1S/C6H13O3P/c1-10(9)4-2-6(7,8)3-5-10/h7-8H,2-5H2,1H3. The molecule has 0 atom stereocenters. The molecule has 0 amide bonds. The SMILES string of the molecule is CP1(=O)CCC(O)(O)CC1. The first-order valence-electron chi connectivity index (χ1n) is 3.42. The smallest absolute Gasteiger partial charge is 0.163 e. The molecule has 1 heterocycles. The largest absolute Gasteiger partial charge is 0.366 e. The minimum absolute atomic E-state index is 0.265. The molecule has 0 bridgehead atoms. The summed E-state index contributed by atoms with van der Waals surface area (Å²) >= 11 is 0. The summed E-state index contributed by atoms with van der Waals surface area (Å²) in [6.45, 7) is 1.72. The van der Waals surface area contributed by atoms with E-state index >= 15 is 0 Å². The molecule has 60 valence electrons. The van der Waals surface area contributed by atoms with Crippen LogP contribution in [0, 0.1) is 0 Å². The van der Waals surface area contributed by atoms with Gasteiger partial charge in [0.2, 0.25) is 0 Å². The summed E-state index contributed by atoms with van der Waals surface area (Å²) in [6, 6.07) is 0. The Kier molecular flexibility index (Phi) is 1.92. The van der Waals surface area contributed by atoms with Gasteiger partial charge in [0, 0.05) is 25.2 Å². The first-order valence-corrected chi connectivity index (χ1v) is 5.94. The van der Waals surface area contributed by atoms with Crippen LogP contribution in [0.4, 0.5) is 0 Å². The van der Waals surface area contributed by atoms with Gasteiger partial charge in [0.15, 0.2) is 5.79 Å². The summed E-state index contributed by atoms with van der Waals surface area (Å²) in [4.78, 5) is 0. The van der Waals surface area contributed by atoms with E-state index in [9.17, 15) is 4.57 Å². The molecule has 0 aromatic carbocycles. The molecule has 0 spiro atoms. The Hall–Kier alpha value is 0.150. The molecule has 1 fully saturated rings. The van der Waals surface area contributed by atoms with Gasteiger partial charge in [-0.3, -0.25) is 0 Å². The molecule has 1 aliphatic heterocycles. The van der Waals surface area contributed by atoms with Crippen LogP contribution >= 0.6 is 7.14 Å². The van der Waals surface area contributed by atoms with Crippen LogP contribution in [0.1, 0.15) is 12.8 Å². The first kappa shape index (κ1) is 8.25. The van der Waals surface area contributed by atoms with Crippen LogP contribution in [0.25, 0.3) is 0 Å². The quantitative estimate of drug-likeness (QED) is 0.403. The summed E-state index contributed by atoms with van der Waals surface area (Å²) in [6.07, 6.45) is 1.47. The van der Waals surface area contributed by atoms with Crippen LogP contribution in [0.5, 0.6) is 0 Å². The third-order valence-corrected chi connectivity index (χ3v) is 4.31. The fourth-order valence-corrected chi connectivity index (χ4v) is 2.95. The molecule has 1 rings (SSSR count). The van der Waals surface area contributed by atoms with Crippen LogP contribution in [0.2, 0.25) is 0 Å². The lowest BCUT2D eigenvalue weighted by Gasteiger charge is -2.29. The van der Waals surface area contributed by atoms with E-state index in [0.29, 0.717) is 12.3 Å². The average Bonchev–Trinajstić information content (AvgIpc) is 1.79. The molecular weight excluding hydrogens is 151 g/mol. The normalized spacial score (nSPS) is 29.9. The molecule has 3 nitrogen and oxygen atoms in total. The molecule has 0 aliphatic carbocycles. The molecular formula is C6H13O3P. The Labute approximate surface area is 60.4 Å². The van der Waals surface area contributed by atoms with Crippen LogP contribution in [0.3, 0.4) is 0 Å². The molecule has 4 heteroatoms. The highest BCUT2D eigenvalue weighted by atomic mass is 31.2. The number of hydrogen-bond acceptors (Lipinski definition) is 3. The van der Waals surface area contributed by atoms with Crippen LogP contribution in [0.15, 0.2) is 0 Å². The molecule has 10 heavy (non-hydrogen) atoms. The fraction of sp³-hybridized carbons (Fsp3) is 1.00. The van der Waals surface area contributed by atoms with Crippen molar-refractivity contribution in [3.8, 4) is 0 Å². The van der Waals surface area contributed by atoms with Crippen molar-refractivity contribution in [2.75, 3.05) is 19.0 Å². The van der Waals surface area contributed by atoms with Gasteiger partial charge in [-0.1, -0.05) is 0 Å². The van der Waals surface area contributed by atoms with Crippen LogP contribution in [-0.4, -0.2) is 35.0 Å². The van der Waals surface area contributed by atoms with Crippen molar-refractivity contribution in [2.45, 2.75) is 18.6 Å². The first-order chi connectivity index (χ1) is 4.41. The van der Waals surface area contributed by atoms with Crippen molar-refractivity contribution in [3.63, 3.8) is 0 Å². The van der Waals surface area contributed by atoms with Gasteiger partial charge in [-0.15, -0.1) is 0 Å². The van der Waals surface area contributed by atoms with Gasteiger partial charge < -0.3 is 14.8 Å². The molecule has 1 aliphatic rings. The Morgan fingerprint density at radius 3 is 2.00 bits per heavy atom. The van der Waals surface area contributed by atoms with Crippen molar-refractivity contribution in [1.82, 2.24) is 0 Å². The zero-order valence-corrected chi connectivity index (χ0v) is 6.97. The molecule has 0 aromatic heterocycles. The molecule has 0 unspecified atom stereocenters. The second kappa shape index (κ2) is 2.33. The maximum atomic E-state index is 11.3. The lowest BCUT2D eigenvalue weighted by atomic mass is 10.1. The second-order valence-electron chi connectivity index (χ2n) is 3.23. The Morgan fingerprint density at radius 1 is 1.30 bits per heavy atom. The number of aliphatic hydroxyl groups is 2. The summed E-state index contributed by atoms with van der Waals surface area (Å²) < 4.78 is 11.3. The fourth-order valence-electron chi connectivity index (χ4n) is 1.07. The van der Waals surface area contributed by atoms with Gasteiger partial charge in [0.25, 0.3) is 0 Å². The van der Waals surface area contributed by atoms with Crippen LogP contribution in [-0.2, 0) is 4.57 Å². The molecule has 0 radical (unpaired) electrons. The van der Waals surface area contributed by atoms with Gasteiger partial charge in [0.05, 0.1) is 7.14 Å². The van der Waals surface area contributed by atoms with E-state index in [0.717, 1.165) is 0 Å². The second-order valence-corrected chi connectivity index (χ2v) is 6.71. The van der Waals surface area contributed by atoms with Crippen molar-refractivity contribution >= 4 is 7.14 Å². The van der Waals surface area contributed by atoms with Gasteiger partial charge in [0.1, 0.15) is 0 Å². The van der Waals surface area contributed by atoms with E-state index in [1.54, 1.807) is 6.66 Å². The highest BCUT2D eigenvalue weighted by molar-refractivity contribution is 7.63. The van der Waals surface area contributed by atoms with Crippen molar-refractivity contribution in [1.29, 1.82) is 0 Å². The van der Waals surface area contributed by atoms with E-state index in [1.807, 2.05) is 0 Å². The highest BCUT2D eigenvalue weighted by Crippen LogP contribution is 2.48. The van der Waals surface area contributed by atoms with Gasteiger partial charge >= 0.3 is 0 Å². The maximum Gasteiger partial charge on any atom is 0.163 e. The van der Waals surface area contributed by atoms with E-state index in [4.69, 9.17) is 10.2 Å². The lowest BCUT2D eigenvalue weighted by Crippen LogP contribution is -2.34. The molecule has 2 N–H and O–H groups in total. The van der Waals surface area contributed by atoms with Crippen molar-refractivity contribution < 1.29 is 14.8 Å². The monoisotopic (exact) mass is 164 g/mol. The molecule has 1 saturated heterocycles. The van der Waals surface area contributed by atoms with Crippen molar-refractivity contribution in [3.05, 3.63) is 0 Å². The maximum absolute atomic E-state index is 11.3. The van der Waals surface area contributed by atoms with E-state index in [1.165, 1.54) is 0 Å². The minimum atomic E-state index is -1.99. The Morgan fingerprint density at radius 2 is 1.70 bits per heavy atom. The predicted octanol–water partition coefficient (Wildman–Crippen LogP) is 0.454. The summed E-state index contributed by atoms with van der Waals surface area (Å²) in [5.74, 6) is -1.54. The third kappa shape index (κ3) is 2.08. The minimum Gasteiger partial charge on any atom is -0.366 e. The zero-order valence-electron chi connectivity index (χ0n) is 6.08. The summed E-state index contributed by atoms with van der Waals surface area (Å²) in [5, 5.41) is 18.1. The topological polar surface area (TPSA) is 57.5 Å².